The van der Waals surface area contributed by atoms with Crippen LogP contribution in [0.2, 0.25) is 0 Å². The fraction of sp³-hybridized carbons (Fsp3) is 0.400. The van der Waals surface area contributed by atoms with Crippen LogP contribution in [0.25, 0.3) is 16.0 Å². The molecule has 1 aliphatic rings. The average Bonchev–Trinajstić information content (AvgIpc) is 3.32. The Kier molecular flexibility index (Phi) is 5.23. The van der Waals surface area contributed by atoms with Gasteiger partial charge in [0, 0.05) is 25.2 Å². The number of esters is 1. The first-order valence-corrected chi connectivity index (χ1v) is 9.99. The molecule has 4 rings (SSSR count). The second-order valence-electron chi connectivity index (χ2n) is 6.86. The van der Waals surface area contributed by atoms with Crippen LogP contribution in [0.3, 0.4) is 0 Å². The lowest BCUT2D eigenvalue weighted by Gasteiger charge is -2.29. The van der Waals surface area contributed by atoms with Gasteiger partial charge in [-0.05, 0) is 32.0 Å². The molecule has 0 N–H and O–H groups in total. The second-order valence-corrected chi connectivity index (χ2v) is 7.89. The Hall–Kier alpha value is -2.58. The van der Waals surface area contributed by atoms with Gasteiger partial charge in [0.1, 0.15) is 28.9 Å². The number of carbonyl (C=O) groups is 1. The third kappa shape index (κ3) is 3.57. The van der Waals surface area contributed by atoms with E-state index in [0.29, 0.717) is 10.6 Å². The smallest absolute Gasteiger partial charge is 0.351 e. The largest absolute Gasteiger partial charge is 0.495 e. The molecular weight excluding hydrogens is 378 g/mol. The van der Waals surface area contributed by atoms with Crippen LogP contribution < -0.4 is 9.47 Å². The number of benzene rings is 1. The third-order valence-electron chi connectivity index (χ3n) is 5.00. The number of hydrogen-bond acceptors (Lipinski definition) is 7. The normalized spacial score (nSPS) is 15.7. The summed E-state index contributed by atoms with van der Waals surface area (Å²) in [6, 6.07) is 7.75. The van der Waals surface area contributed by atoms with E-state index in [-0.39, 0.29) is 6.10 Å². The van der Waals surface area contributed by atoms with Crippen LogP contribution in [-0.4, -0.2) is 60.9 Å². The maximum absolute atomic E-state index is 12.0. The van der Waals surface area contributed by atoms with E-state index in [4.69, 9.17) is 14.2 Å². The molecule has 2 aromatic heterocycles. The molecule has 1 fully saturated rings. The number of imidazole rings is 1. The molecular formula is C20H23N3O4S. The minimum Gasteiger partial charge on any atom is -0.495 e. The zero-order valence-corrected chi connectivity index (χ0v) is 17.0. The van der Waals surface area contributed by atoms with Crippen molar-refractivity contribution in [3.8, 4) is 16.5 Å². The molecule has 1 aliphatic heterocycles. The number of methoxy groups -OCH3 is 2. The number of rotatable bonds is 5. The Bertz CT molecular complexity index is 989. The Balaban J connectivity index is 1.65. The van der Waals surface area contributed by atoms with Crippen LogP contribution in [-0.2, 0) is 4.74 Å². The number of aromatic nitrogens is 2. The molecule has 148 valence electrons. The summed E-state index contributed by atoms with van der Waals surface area (Å²) in [7, 11) is 5.04. The maximum atomic E-state index is 12.0. The van der Waals surface area contributed by atoms with Gasteiger partial charge < -0.3 is 19.1 Å². The lowest BCUT2D eigenvalue weighted by Crippen LogP contribution is -2.35. The lowest BCUT2D eigenvalue weighted by atomic mass is 10.1. The summed E-state index contributed by atoms with van der Waals surface area (Å²) in [5.74, 6) is 0.914. The number of ether oxygens (including phenoxy) is 3. The van der Waals surface area contributed by atoms with E-state index in [1.165, 1.54) is 25.6 Å². The van der Waals surface area contributed by atoms with Crippen molar-refractivity contribution in [1.82, 2.24) is 14.5 Å². The highest BCUT2D eigenvalue weighted by molar-refractivity contribution is 7.16. The number of likely N-dealkylation sites (tertiary alicyclic amines) is 1. The van der Waals surface area contributed by atoms with Crippen LogP contribution in [0.15, 0.2) is 30.6 Å². The average molecular weight is 401 g/mol. The van der Waals surface area contributed by atoms with Gasteiger partial charge in [-0.15, -0.1) is 11.3 Å². The van der Waals surface area contributed by atoms with E-state index >= 15 is 0 Å². The van der Waals surface area contributed by atoms with Gasteiger partial charge in [-0.2, -0.15) is 0 Å². The van der Waals surface area contributed by atoms with Crippen LogP contribution in [0.1, 0.15) is 22.5 Å². The number of fused-ring (bicyclic) bond motifs is 1. The fourth-order valence-electron chi connectivity index (χ4n) is 3.40. The molecule has 0 aliphatic carbocycles. The predicted octanol–water partition coefficient (Wildman–Crippen LogP) is 3.36. The van der Waals surface area contributed by atoms with E-state index < -0.39 is 5.97 Å². The van der Waals surface area contributed by atoms with E-state index in [2.05, 4.69) is 16.9 Å². The van der Waals surface area contributed by atoms with Crippen LogP contribution >= 0.6 is 11.3 Å². The van der Waals surface area contributed by atoms with Crippen LogP contribution in [0.5, 0.6) is 11.5 Å². The highest BCUT2D eigenvalue weighted by atomic mass is 32.1. The quantitative estimate of drug-likeness (QED) is 0.611. The van der Waals surface area contributed by atoms with Crippen molar-refractivity contribution in [2.45, 2.75) is 18.9 Å². The molecule has 3 heterocycles. The lowest BCUT2D eigenvalue weighted by molar-refractivity contribution is 0.0603. The molecule has 0 bridgehead atoms. The van der Waals surface area contributed by atoms with Crippen LogP contribution in [0, 0.1) is 0 Å². The molecule has 1 aromatic carbocycles. The monoisotopic (exact) mass is 401 g/mol. The molecule has 3 aromatic rings. The summed E-state index contributed by atoms with van der Waals surface area (Å²) in [4.78, 5) is 19.2. The zero-order valence-electron chi connectivity index (χ0n) is 16.2. The minimum absolute atomic E-state index is 0.234. The second kappa shape index (κ2) is 7.81. The summed E-state index contributed by atoms with van der Waals surface area (Å²) in [5, 5.41) is 0.830. The number of nitrogens with zero attached hydrogens (tertiary/aromatic N) is 3. The number of hydrogen-bond donors (Lipinski definition) is 0. The van der Waals surface area contributed by atoms with E-state index in [9.17, 15) is 4.79 Å². The van der Waals surface area contributed by atoms with Crippen molar-refractivity contribution >= 4 is 28.3 Å². The highest BCUT2D eigenvalue weighted by Gasteiger charge is 2.21. The number of thiophene rings is 1. The van der Waals surface area contributed by atoms with E-state index in [1.807, 2.05) is 28.8 Å². The maximum Gasteiger partial charge on any atom is 0.351 e. The molecule has 0 radical (unpaired) electrons. The molecule has 0 unspecified atom stereocenters. The third-order valence-corrected chi connectivity index (χ3v) is 6.10. The SMILES string of the molecule is COC(=O)c1sc(-n2cnc3ccc(OC4CCN(C)CC4)cc32)cc1OC. The first-order chi connectivity index (χ1) is 13.6. The Morgan fingerprint density at radius 2 is 2.00 bits per heavy atom. The topological polar surface area (TPSA) is 65.8 Å². The van der Waals surface area contributed by atoms with Gasteiger partial charge in [0.15, 0.2) is 4.88 Å². The van der Waals surface area contributed by atoms with Crippen LogP contribution in [0.4, 0.5) is 0 Å². The van der Waals surface area contributed by atoms with Gasteiger partial charge in [0.05, 0.1) is 25.3 Å². The Morgan fingerprint density at radius 1 is 1.21 bits per heavy atom. The molecule has 1 saturated heterocycles. The summed E-state index contributed by atoms with van der Waals surface area (Å²) < 4.78 is 18.3. The Labute approximate surface area is 167 Å². The molecule has 7 nitrogen and oxygen atoms in total. The number of carbonyl (C=O) groups excluding carboxylic acids is 1. The fourth-order valence-corrected chi connectivity index (χ4v) is 4.43. The minimum atomic E-state index is -0.413. The van der Waals surface area contributed by atoms with Crippen molar-refractivity contribution in [3.05, 3.63) is 35.5 Å². The van der Waals surface area contributed by atoms with Crippen molar-refractivity contribution in [2.75, 3.05) is 34.4 Å². The standard InChI is InChI=1S/C20H23N3O4S/c1-22-8-6-13(7-9-22)27-14-4-5-15-16(10-14)23(12-21-15)18-11-17(25-2)19(28-18)20(24)26-3/h4-5,10-13H,6-9H2,1-3H3. The summed E-state index contributed by atoms with van der Waals surface area (Å²) in [5.41, 5.74) is 1.79. The van der Waals surface area contributed by atoms with E-state index in [1.54, 1.807) is 6.33 Å². The van der Waals surface area contributed by atoms with Gasteiger partial charge in [-0.25, -0.2) is 9.78 Å². The van der Waals surface area contributed by atoms with Crippen molar-refractivity contribution < 1.29 is 19.0 Å². The van der Waals surface area contributed by atoms with Crippen molar-refractivity contribution in [3.63, 3.8) is 0 Å². The molecule has 0 saturated carbocycles. The first-order valence-electron chi connectivity index (χ1n) is 9.18. The number of piperidine rings is 1. The molecule has 0 spiro atoms. The Morgan fingerprint density at radius 3 is 2.71 bits per heavy atom. The van der Waals surface area contributed by atoms with E-state index in [0.717, 1.165) is 47.7 Å². The predicted molar refractivity (Wildman–Crippen MR) is 108 cm³/mol. The van der Waals surface area contributed by atoms with Gasteiger partial charge in [-0.3, -0.25) is 4.57 Å². The summed E-state index contributed by atoms with van der Waals surface area (Å²) in [6.07, 6.45) is 4.03. The summed E-state index contributed by atoms with van der Waals surface area (Å²) >= 11 is 1.31. The van der Waals surface area contributed by atoms with Gasteiger partial charge in [-0.1, -0.05) is 0 Å². The molecule has 0 atom stereocenters. The van der Waals surface area contributed by atoms with Gasteiger partial charge in [0.25, 0.3) is 0 Å². The van der Waals surface area contributed by atoms with Gasteiger partial charge >= 0.3 is 5.97 Å². The zero-order chi connectivity index (χ0) is 19.7. The first kappa shape index (κ1) is 18.8. The highest BCUT2D eigenvalue weighted by Crippen LogP contribution is 2.34. The van der Waals surface area contributed by atoms with Crippen molar-refractivity contribution in [1.29, 1.82) is 0 Å². The molecule has 0 amide bonds. The van der Waals surface area contributed by atoms with Crippen molar-refractivity contribution in [2.24, 2.45) is 0 Å². The summed E-state index contributed by atoms with van der Waals surface area (Å²) in [6.45, 7) is 2.10. The van der Waals surface area contributed by atoms with Gasteiger partial charge in [0.2, 0.25) is 0 Å². The molecule has 28 heavy (non-hydrogen) atoms. The molecule has 8 heteroatoms.